The monoisotopic (exact) mass is 746 g/mol. The van der Waals surface area contributed by atoms with Crippen LogP contribution in [0.25, 0.3) is 116 Å². The molecule has 0 saturated heterocycles. The summed E-state index contributed by atoms with van der Waals surface area (Å²) in [5.74, 6) is 1.41. The molecule has 12 rings (SSSR count). The molecule has 3 aromatic heterocycles. The van der Waals surface area contributed by atoms with Crippen molar-refractivity contribution in [1.82, 2.24) is 19.5 Å². The standard InChI is InChI=1S/C53H32N4O/c1-3-14-35-30-37(26-24-33(35)12-1)51-54-52(38-27-25-34-13-2-4-15-36(34)31-38)56-53(55-51)39-28-29-42(44-19-11-20-45-43-18-7-10-23-49(43)58-50(44)45)48(32-39)57-46-21-8-5-16-40(46)41-17-6-9-22-47(41)57/h1-32H/i7D,11D,18D,19D,20D,23D. The smallest absolute Gasteiger partial charge is 0.164 e. The van der Waals surface area contributed by atoms with Gasteiger partial charge in [-0.25, -0.2) is 15.0 Å². The first-order valence-electron chi connectivity index (χ1n) is 22.0. The van der Waals surface area contributed by atoms with Crippen LogP contribution in [-0.4, -0.2) is 19.5 Å². The molecule has 0 radical (unpaired) electrons. The molecule has 3 heterocycles. The summed E-state index contributed by atoms with van der Waals surface area (Å²) in [5.41, 5.74) is 5.58. The molecule has 0 atom stereocenters. The third kappa shape index (κ3) is 5.14. The van der Waals surface area contributed by atoms with Crippen molar-refractivity contribution in [1.29, 1.82) is 0 Å². The fourth-order valence-electron chi connectivity index (χ4n) is 8.23. The summed E-state index contributed by atoms with van der Waals surface area (Å²) >= 11 is 0. The number of nitrogens with zero attached hydrogens (tertiary/aromatic N) is 4. The molecule has 0 N–H and O–H groups in total. The van der Waals surface area contributed by atoms with Crippen LogP contribution in [0.1, 0.15) is 8.22 Å². The molecule has 9 aromatic carbocycles. The van der Waals surface area contributed by atoms with Crippen molar-refractivity contribution in [2.75, 3.05) is 0 Å². The van der Waals surface area contributed by atoms with Gasteiger partial charge in [0.25, 0.3) is 0 Å². The molecule has 0 spiro atoms. The van der Waals surface area contributed by atoms with Gasteiger partial charge in [-0.2, -0.15) is 0 Å². The molecule has 0 fully saturated rings. The van der Waals surface area contributed by atoms with Gasteiger partial charge in [0.15, 0.2) is 17.5 Å². The molecule has 0 aliphatic heterocycles. The Hall–Kier alpha value is -7.89. The van der Waals surface area contributed by atoms with Crippen molar-refractivity contribution in [3.63, 3.8) is 0 Å². The number of furan rings is 1. The molecular weight excluding hydrogens is 709 g/mol. The summed E-state index contributed by atoms with van der Waals surface area (Å²) < 4.78 is 62.1. The average Bonchev–Trinajstić information content (AvgIpc) is 3.90. The Morgan fingerprint density at radius 1 is 0.414 bits per heavy atom. The molecule has 5 heteroatoms. The van der Waals surface area contributed by atoms with Gasteiger partial charge in [0.2, 0.25) is 0 Å². The van der Waals surface area contributed by atoms with Crippen LogP contribution in [-0.2, 0) is 0 Å². The topological polar surface area (TPSA) is 56.7 Å². The van der Waals surface area contributed by atoms with Gasteiger partial charge < -0.3 is 8.98 Å². The number of para-hydroxylation sites is 4. The lowest BCUT2D eigenvalue weighted by atomic mass is 9.98. The third-order valence-electron chi connectivity index (χ3n) is 11.0. The molecule has 0 bridgehead atoms. The van der Waals surface area contributed by atoms with E-state index in [1.165, 1.54) is 6.07 Å². The Bertz CT molecular complexity index is 3800. The van der Waals surface area contributed by atoms with E-state index in [0.29, 0.717) is 34.3 Å². The highest BCUT2D eigenvalue weighted by Gasteiger charge is 2.21. The zero-order valence-corrected chi connectivity index (χ0v) is 30.7. The molecule has 0 unspecified atom stereocenters. The van der Waals surface area contributed by atoms with Crippen molar-refractivity contribution in [3.05, 3.63) is 194 Å². The number of hydrogen-bond acceptors (Lipinski definition) is 4. The minimum Gasteiger partial charge on any atom is -0.455 e. The average molecular weight is 747 g/mol. The maximum absolute atomic E-state index is 9.47. The van der Waals surface area contributed by atoms with Crippen molar-refractivity contribution >= 4 is 65.3 Å². The van der Waals surface area contributed by atoms with E-state index in [1.54, 1.807) is 0 Å². The van der Waals surface area contributed by atoms with Gasteiger partial charge in [-0.15, -0.1) is 0 Å². The Balaban J connectivity index is 1.17. The van der Waals surface area contributed by atoms with Gasteiger partial charge in [0.1, 0.15) is 11.2 Å². The highest BCUT2D eigenvalue weighted by Crippen LogP contribution is 2.42. The Morgan fingerprint density at radius 2 is 0.948 bits per heavy atom. The Labute approximate surface area is 341 Å². The number of rotatable bonds is 5. The van der Waals surface area contributed by atoms with E-state index >= 15 is 0 Å². The summed E-state index contributed by atoms with van der Waals surface area (Å²) in [5, 5.41) is 6.55. The lowest BCUT2D eigenvalue weighted by Crippen LogP contribution is -2.02. The Morgan fingerprint density at radius 3 is 1.59 bits per heavy atom. The first-order chi connectivity index (χ1) is 31.2. The van der Waals surface area contributed by atoms with Crippen molar-refractivity contribution in [2.45, 2.75) is 0 Å². The van der Waals surface area contributed by atoms with E-state index in [9.17, 15) is 1.37 Å². The van der Waals surface area contributed by atoms with Crippen LogP contribution in [0, 0.1) is 0 Å². The van der Waals surface area contributed by atoms with Crippen molar-refractivity contribution in [3.8, 4) is 51.0 Å². The summed E-state index contributed by atoms with van der Waals surface area (Å²) in [4.78, 5) is 15.4. The van der Waals surface area contributed by atoms with E-state index in [-0.39, 0.29) is 63.8 Å². The number of fused-ring (bicyclic) bond motifs is 8. The fraction of sp³-hybridized carbons (Fsp3) is 0. The van der Waals surface area contributed by atoms with Gasteiger partial charge in [0.05, 0.1) is 24.9 Å². The van der Waals surface area contributed by atoms with Gasteiger partial charge in [-0.3, -0.25) is 0 Å². The zero-order valence-electron chi connectivity index (χ0n) is 36.7. The molecule has 0 saturated carbocycles. The molecule has 58 heavy (non-hydrogen) atoms. The quantitative estimate of drug-likeness (QED) is 0.176. The zero-order chi connectivity index (χ0) is 43.4. The van der Waals surface area contributed by atoms with E-state index < -0.39 is 0 Å². The van der Waals surface area contributed by atoms with Crippen LogP contribution in [0.3, 0.4) is 0 Å². The molecule has 270 valence electrons. The van der Waals surface area contributed by atoms with Gasteiger partial charge in [-0.05, 0) is 57.9 Å². The second-order valence-corrected chi connectivity index (χ2v) is 14.4. The number of hydrogen-bond donors (Lipinski definition) is 0. The fourth-order valence-corrected chi connectivity index (χ4v) is 8.23. The molecule has 0 amide bonds. The van der Waals surface area contributed by atoms with Crippen LogP contribution < -0.4 is 0 Å². The first kappa shape index (κ1) is 26.8. The lowest BCUT2D eigenvalue weighted by Gasteiger charge is -2.16. The number of benzene rings is 9. The maximum atomic E-state index is 9.47. The van der Waals surface area contributed by atoms with E-state index in [2.05, 4.69) is 65.2 Å². The molecular formula is C53H32N4O. The van der Waals surface area contributed by atoms with E-state index in [4.69, 9.17) is 26.2 Å². The van der Waals surface area contributed by atoms with Crippen molar-refractivity contribution < 1.29 is 12.6 Å². The predicted molar refractivity (Wildman–Crippen MR) is 238 cm³/mol. The summed E-state index contributed by atoms with van der Waals surface area (Å²) in [6, 6.07) is 50.4. The van der Waals surface area contributed by atoms with E-state index in [0.717, 1.165) is 54.5 Å². The molecule has 0 aliphatic carbocycles. The first-order valence-corrected chi connectivity index (χ1v) is 19.0. The largest absolute Gasteiger partial charge is 0.455 e. The van der Waals surface area contributed by atoms with Crippen LogP contribution in [0.15, 0.2) is 198 Å². The summed E-state index contributed by atoms with van der Waals surface area (Å²) in [7, 11) is 0. The van der Waals surface area contributed by atoms with Crippen LogP contribution in [0.4, 0.5) is 0 Å². The highest BCUT2D eigenvalue weighted by atomic mass is 16.3. The van der Waals surface area contributed by atoms with E-state index in [1.807, 2.05) is 91.0 Å². The minimum absolute atomic E-state index is 0.0263. The second kappa shape index (κ2) is 12.8. The second-order valence-electron chi connectivity index (χ2n) is 14.4. The van der Waals surface area contributed by atoms with Gasteiger partial charge >= 0.3 is 0 Å². The van der Waals surface area contributed by atoms with Gasteiger partial charge in [0, 0.05) is 49.4 Å². The van der Waals surface area contributed by atoms with Crippen LogP contribution in [0.2, 0.25) is 0 Å². The minimum atomic E-state index is -0.360. The summed E-state index contributed by atoms with van der Waals surface area (Å²) in [6.45, 7) is 0. The maximum Gasteiger partial charge on any atom is 0.164 e. The SMILES string of the molecule is [2H]c1cc([2H])c2oc3c(-c4ccc(-c5nc(-c6ccc7ccccc7c6)nc(-c6ccc7ccccc7c6)n5)cc4-n4c5ccccc5c5ccccc54)c([2H])c([2H])c([2H])c3c2c1[2H]. The highest BCUT2D eigenvalue weighted by molar-refractivity contribution is 6.12. The Kier molecular flexibility index (Phi) is 5.94. The lowest BCUT2D eigenvalue weighted by molar-refractivity contribution is 0.670. The van der Waals surface area contributed by atoms with Crippen LogP contribution in [0.5, 0.6) is 0 Å². The predicted octanol–water partition coefficient (Wildman–Crippen LogP) is 13.8. The molecule has 0 aliphatic rings. The van der Waals surface area contributed by atoms with Crippen LogP contribution >= 0.6 is 0 Å². The normalized spacial score (nSPS) is 13.2. The molecule has 5 nitrogen and oxygen atoms in total. The van der Waals surface area contributed by atoms with Crippen molar-refractivity contribution in [2.24, 2.45) is 0 Å². The molecule has 12 aromatic rings. The summed E-state index contributed by atoms with van der Waals surface area (Å²) in [6.07, 6.45) is 0. The third-order valence-corrected chi connectivity index (χ3v) is 11.0. The number of aromatic nitrogens is 4. The van der Waals surface area contributed by atoms with Gasteiger partial charge in [-0.1, -0.05) is 158 Å².